The minimum Gasteiger partial charge on any atom is -0.386 e. The summed E-state index contributed by atoms with van der Waals surface area (Å²) < 4.78 is -0.834. The van der Waals surface area contributed by atoms with Crippen molar-refractivity contribution in [1.82, 2.24) is 0 Å². The fraction of sp³-hybridized carbons (Fsp3) is 0.571. The van der Waals surface area contributed by atoms with Crippen LogP contribution in [0.4, 0.5) is 0 Å². The molecule has 3 atom stereocenters. The first-order chi connectivity index (χ1) is 13.9. The van der Waals surface area contributed by atoms with Gasteiger partial charge in [0.25, 0.3) is 0 Å². The van der Waals surface area contributed by atoms with Crippen molar-refractivity contribution in [3.8, 4) is 12.1 Å². The molecular formula is C21H24Cl2N4S2. The Morgan fingerprint density at radius 2 is 1.62 bits per heavy atom. The molecule has 2 aliphatic rings. The lowest BCUT2D eigenvalue weighted by Gasteiger charge is -2.32. The molecule has 3 unspecified atom stereocenters. The van der Waals surface area contributed by atoms with Crippen molar-refractivity contribution in [2.75, 3.05) is 11.5 Å². The Labute approximate surface area is 191 Å². The highest BCUT2D eigenvalue weighted by atomic mass is 35.5. The molecule has 0 spiro atoms. The van der Waals surface area contributed by atoms with Gasteiger partial charge in [-0.1, -0.05) is 56.0 Å². The van der Waals surface area contributed by atoms with E-state index >= 15 is 0 Å². The van der Waals surface area contributed by atoms with Gasteiger partial charge in [-0.25, -0.2) is 4.99 Å². The lowest BCUT2D eigenvalue weighted by atomic mass is 9.97. The van der Waals surface area contributed by atoms with Gasteiger partial charge in [0.2, 0.25) is 0 Å². The lowest BCUT2D eigenvalue weighted by molar-refractivity contribution is 0.562. The van der Waals surface area contributed by atoms with Crippen molar-refractivity contribution < 1.29 is 0 Å². The van der Waals surface area contributed by atoms with Gasteiger partial charge in [-0.15, -0.1) is 23.5 Å². The number of unbranched alkanes of at least 4 members (excludes halogenated alkanes) is 2. The summed E-state index contributed by atoms with van der Waals surface area (Å²) in [6, 6.07) is 10.1. The zero-order chi connectivity index (χ0) is 21.3. The number of fused-ring (bicyclic) bond motifs is 1. The Morgan fingerprint density at radius 3 is 2.07 bits per heavy atom. The van der Waals surface area contributed by atoms with Gasteiger partial charge in [0.15, 0.2) is 4.20 Å². The number of nitrogens with zero attached hydrogens (tertiary/aromatic N) is 3. The molecule has 8 heteroatoms. The van der Waals surface area contributed by atoms with Crippen LogP contribution in [-0.2, 0) is 0 Å². The van der Waals surface area contributed by atoms with Gasteiger partial charge in [0, 0.05) is 16.0 Å². The molecule has 0 amide bonds. The van der Waals surface area contributed by atoms with Crippen molar-refractivity contribution in [2.24, 2.45) is 21.6 Å². The number of nitriles is 2. The standard InChI is InChI=1S/C21H24Cl2N4S2/c1-3-5-10-28-21(29-11-6-4-2)20(13-25)17(19(20,12-24)18(26)27-21)16-14(22)8-7-9-15(16)23/h7-9,17H,3-6,10-11H2,1-2H3,(H2,26,27). The maximum atomic E-state index is 10.5. The van der Waals surface area contributed by atoms with Crippen LogP contribution in [0.25, 0.3) is 0 Å². The molecule has 0 saturated heterocycles. The summed E-state index contributed by atoms with van der Waals surface area (Å²) in [4.78, 5) is 4.80. The van der Waals surface area contributed by atoms with E-state index in [1.54, 1.807) is 41.7 Å². The van der Waals surface area contributed by atoms with Gasteiger partial charge in [-0.2, -0.15) is 10.5 Å². The third kappa shape index (κ3) is 3.07. The fourth-order valence-corrected chi connectivity index (χ4v) is 8.59. The predicted octanol–water partition coefficient (Wildman–Crippen LogP) is 6.20. The molecule has 4 nitrogen and oxygen atoms in total. The van der Waals surface area contributed by atoms with Gasteiger partial charge in [-0.3, -0.25) is 0 Å². The van der Waals surface area contributed by atoms with Crippen LogP contribution >= 0.6 is 46.7 Å². The first-order valence-electron chi connectivity index (χ1n) is 9.82. The van der Waals surface area contributed by atoms with Crippen LogP contribution < -0.4 is 5.73 Å². The third-order valence-electron chi connectivity index (χ3n) is 5.81. The topological polar surface area (TPSA) is 86.0 Å². The van der Waals surface area contributed by atoms with Gasteiger partial charge >= 0.3 is 0 Å². The van der Waals surface area contributed by atoms with E-state index in [4.69, 9.17) is 33.9 Å². The third-order valence-corrected chi connectivity index (χ3v) is 9.77. The monoisotopic (exact) mass is 466 g/mol. The first-order valence-corrected chi connectivity index (χ1v) is 12.5. The Bertz CT molecular complexity index is 877. The molecule has 3 rings (SSSR count). The van der Waals surface area contributed by atoms with Crippen LogP contribution in [0.5, 0.6) is 0 Å². The zero-order valence-electron chi connectivity index (χ0n) is 16.5. The summed E-state index contributed by atoms with van der Waals surface area (Å²) in [7, 11) is 0. The normalized spacial score (nSPS) is 28.9. The first kappa shape index (κ1) is 22.6. The van der Waals surface area contributed by atoms with Crippen LogP contribution in [0.1, 0.15) is 51.0 Å². The van der Waals surface area contributed by atoms with Gasteiger partial charge in [0.05, 0.1) is 12.1 Å². The van der Waals surface area contributed by atoms with Crippen molar-refractivity contribution in [3.63, 3.8) is 0 Å². The molecule has 1 aromatic carbocycles. The number of nitrogens with two attached hydrogens (primary N) is 1. The number of hydrogen-bond donors (Lipinski definition) is 1. The van der Waals surface area contributed by atoms with E-state index in [0.717, 1.165) is 37.2 Å². The van der Waals surface area contributed by atoms with E-state index in [9.17, 15) is 10.5 Å². The summed E-state index contributed by atoms with van der Waals surface area (Å²) in [6.45, 7) is 4.26. The molecule has 1 aromatic rings. The quantitative estimate of drug-likeness (QED) is 0.345. The molecule has 0 aromatic heterocycles. The molecule has 1 aliphatic heterocycles. The number of thioether (sulfide) groups is 2. The second kappa shape index (κ2) is 8.60. The molecule has 1 fully saturated rings. The second-order valence-electron chi connectivity index (χ2n) is 7.39. The smallest absolute Gasteiger partial charge is 0.175 e. The fourth-order valence-electron chi connectivity index (χ4n) is 4.29. The van der Waals surface area contributed by atoms with Crippen molar-refractivity contribution >= 4 is 52.6 Å². The summed E-state index contributed by atoms with van der Waals surface area (Å²) in [5, 5.41) is 21.7. The van der Waals surface area contributed by atoms with Crippen LogP contribution in [0.15, 0.2) is 23.2 Å². The van der Waals surface area contributed by atoms with E-state index in [-0.39, 0.29) is 5.84 Å². The van der Waals surface area contributed by atoms with E-state index in [2.05, 4.69) is 26.0 Å². The summed E-state index contributed by atoms with van der Waals surface area (Å²) in [6.07, 6.45) is 4.11. The number of amidine groups is 1. The van der Waals surface area contributed by atoms with Crippen LogP contribution in [0.2, 0.25) is 10.0 Å². The Kier molecular flexibility index (Phi) is 6.71. The lowest BCUT2D eigenvalue weighted by Crippen LogP contribution is -2.32. The predicted molar refractivity (Wildman–Crippen MR) is 124 cm³/mol. The Balaban J connectivity index is 2.16. The molecular weight excluding hydrogens is 443 g/mol. The van der Waals surface area contributed by atoms with E-state index in [1.807, 2.05) is 0 Å². The highest BCUT2D eigenvalue weighted by molar-refractivity contribution is 8.18. The minimum atomic E-state index is -1.20. The molecule has 1 saturated carbocycles. The number of halogens is 2. The molecule has 1 aliphatic carbocycles. The van der Waals surface area contributed by atoms with Gasteiger partial charge in [-0.05, 0) is 42.0 Å². The summed E-state index contributed by atoms with van der Waals surface area (Å²) >= 11 is 16.3. The zero-order valence-corrected chi connectivity index (χ0v) is 19.7. The maximum absolute atomic E-state index is 10.5. The van der Waals surface area contributed by atoms with E-state index < -0.39 is 21.0 Å². The van der Waals surface area contributed by atoms with Crippen LogP contribution in [0, 0.1) is 33.5 Å². The molecule has 0 bridgehead atoms. The number of aliphatic imine (C=N–C) groups is 1. The maximum Gasteiger partial charge on any atom is 0.175 e. The van der Waals surface area contributed by atoms with E-state index in [1.165, 1.54) is 0 Å². The number of rotatable bonds is 9. The molecule has 154 valence electrons. The average molecular weight is 467 g/mol. The van der Waals surface area contributed by atoms with Crippen molar-refractivity contribution in [3.05, 3.63) is 33.8 Å². The highest BCUT2D eigenvalue weighted by Gasteiger charge is 2.92. The number of hydrogen-bond acceptors (Lipinski definition) is 6. The van der Waals surface area contributed by atoms with Crippen LogP contribution in [-0.4, -0.2) is 21.5 Å². The van der Waals surface area contributed by atoms with Gasteiger partial charge < -0.3 is 5.73 Å². The largest absolute Gasteiger partial charge is 0.386 e. The minimum absolute atomic E-state index is 0.232. The highest BCUT2D eigenvalue weighted by Crippen LogP contribution is 2.86. The molecule has 2 N–H and O–H groups in total. The molecule has 0 radical (unpaired) electrons. The van der Waals surface area contributed by atoms with Crippen molar-refractivity contribution in [2.45, 2.75) is 49.7 Å². The van der Waals surface area contributed by atoms with Crippen molar-refractivity contribution in [1.29, 1.82) is 10.5 Å². The summed E-state index contributed by atoms with van der Waals surface area (Å²) in [5.74, 6) is 1.43. The Morgan fingerprint density at radius 1 is 1.07 bits per heavy atom. The second-order valence-corrected chi connectivity index (χ2v) is 11.0. The number of benzene rings is 1. The average Bonchev–Trinajstić information content (AvgIpc) is 3.25. The SMILES string of the molecule is CCCCSC1(SCCCC)N=C(N)C2(C#N)C(c3c(Cl)cccc3Cl)C12C#N. The van der Waals surface area contributed by atoms with Gasteiger partial charge in [0.1, 0.15) is 16.7 Å². The molecule has 1 heterocycles. The Hall–Kier alpha value is -1.05. The van der Waals surface area contributed by atoms with Crippen LogP contribution in [0.3, 0.4) is 0 Å². The molecule has 29 heavy (non-hydrogen) atoms. The van der Waals surface area contributed by atoms with E-state index in [0.29, 0.717) is 15.6 Å². The summed E-state index contributed by atoms with van der Waals surface area (Å²) in [5.41, 5.74) is 4.74.